The molecule has 1 amide bonds. The van der Waals surface area contributed by atoms with Crippen LogP contribution in [0.2, 0.25) is 0 Å². The van der Waals surface area contributed by atoms with Gasteiger partial charge in [0.2, 0.25) is 0 Å². The van der Waals surface area contributed by atoms with E-state index in [1.54, 1.807) is 12.1 Å². The van der Waals surface area contributed by atoms with E-state index >= 15 is 0 Å². The molecule has 3 aromatic carbocycles. The molecule has 146 valence electrons. The Morgan fingerprint density at radius 2 is 1.90 bits per heavy atom. The van der Waals surface area contributed by atoms with Crippen molar-refractivity contribution in [3.63, 3.8) is 0 Å². The molecule has 0 atom stereocenters. The molecule has 0 aliphatic rings. The molecule has 0 aliphatic heterocycles. The summed E-state index contributed by atoms with van der Waals surface area (Å²) in [4.78, 5) is 17.2. The fraction of sp³-hybridized carbons (Fsp3) is 0.167. The van der Waals surface area contributed by atoms with Crippen LogP contribution in [0, 0.1) is 0 Å². The second-order valence-electron chi connectivity index (χ2n) is 6.78. The summed E-state index contributed by atoms with van der Waals surface area (Å²) in [7, 11) is 0. The zero-order valence-electron chi connectivity index (χ0n) is 16.2. The molecule has 0 aliphatic carbocycles. The highest BCUT2D eigenvalue weighted by Crippen LogP contribution is 2.28. The monoisotopic (exact) mass is 402 g/mol. The van der Waals surface area contributed by atoms with Crippen molar-refractivity contribution < 1.29 is 9.53 Å². The van der Waals surface area contributed by atoms with Gasteiger partial charge in [-0.25, -0.2) is 4.98 Å². The van der Waals surface area contributed by atoms with Gasteiger partial charge in [0.05, 0.1) is 12.3 Å². The van der Waals surface area contributed by atoms with E-state index in [0.717, 1.165) is 24.1 Å². The molecule has 0 bridgehead atoms. The topological polar surface area (TPSA) is 51.2 Å². The zero-order chi connectivity index (χ0) is 20.1. The van der Waals surface area contributed by atoms with Gasteiger partial charge in [0, 0.05) is 16.5 Å². The number of anilines is 1. The minimum absolute atomic E-state index is 0.189. The fourth-order valence-electron chi connectivity index (χ4n) is 3.04. The highest BCUT2D eigenvalue weighted by atomic mass is 32.1. The first kappa shape index (κ1) is 19.2. The number of thiazole rings is 1. The van der Waals surface area contributed by atoms with Crippen LogP contribution in [-0.2, 0) is 0 Å². The van der Waals surface area contributed by atoms with Crippen molar-refractivity contribution in [1.29, 1.82) is 0 Å². The van der Waals surface area contributed by atoms with Gasteiger partial charge in [-0.15, -0.1) is 11.3 Å². The minimum atomic E-state index is -0.189. The maximum absolute atomic E-state index is 12.6. The van der Waals surface area contributed by atoms with Crippen LogP contribution in [0.1, 0.15) is 30.1 Å². The first-order chi connectivity index (χ1) is 14.2. The van der Waals surface area contributed by atoms with Crippen LogP contribution in [0.4, 0.5) is 5.13 Å². The molecule has 0 saturated heterocycles. The molecule has 1 aromatic heterocycles. The maximum Gasteiger partial charge on any atom is 0.257 e. The SMILES string of the molecule is CCCCOc1cccc(C(=O)Nc2nc(-c3ccc4ccccc4c3)cs2)c1. The molecule has 1 heterocycles. The predicted octanol–water partition coefficient (Wildman–Crippen LogP) is 6.39. The normalized spacial score (nSPS) is 10.8. The molecular weight excluding hydrogens is 380 g/mol. The summed E-state index contributed by atoms with van der Waals surface area (Å²) >= 11 is 1.42. The quantitative estimate of drug-likeness (QED) is 0.364. The van der Waals surface area contributed by atoms with Gasteiger partial charge in [-0.2, -0.15) is 0 Å². The summed E-state index contributed by atoms with van der Waals surface area (Å²) < 4.78 is 5.69. The average molecular weight is 403 g/mol. The van der Waals surface area contributed by atoms with Crippen LogP contribution in [-0.4, -0.2) is 17.5 Å². The third-order valence-electron chi connectivity index (χ3n) is 4.63. The number of aromatic nitrogens is 1. The Labute approximate surface area is 174 Å². The van der Waals surface area contributed by atoms with E-state index in [1.807, 2.05) is 29.6 Å². The predicted molar refractivity (Wildman–Crippen MR) is 120 cm³/mol. The summed E-state index contributed by atoms with van der Waals surface area (Å²) in [6.07, 6.45) is 2.07. The van der Waals surface area contributed by atoms with Gasteiger partial charge >= 0.3 is 0 Å². The molecule has 4 aromatic rings. The fourth-order valence-corrected chi connectivity index (χ4v) is 3.76. The molecule has 0 unspecified atom stereocenters. The number of nitrogens with one attached hydrogen (secondary N) is 1. The molecule has 0 saturated carbocycles. The summed E-state index contributed by atoms with van der Waals surface area (Å²) in [6, 6.07) is 21.7. The number of benzene rings is 3. The minimum Gasteiger partial charge on any atom is -0.494 e. The van der Waals surface area contributed by atoms with Gasteiger partial charge in [0.25, 0.3) is 5.91 Å². The lowest BCUT2D eigenvalue weighted by atomic mass is 10.1. The standard InChI is InChI=1S/C24H22N2O2S/c1-2-3-13-28-21-10-6-9-20(15-21)23(27)26-24-25-22(16-29-24)19-12-11-17-7-4-5-8-18(17)14-19/h4-12,14-16H,2-3,13H2,1H3,(H,25,26,27). The lowest BCUT2D eigenvalue weighted by molar-refractivity contribution is 0.102. The molecule has 0 fully saturated rings. The van der Waals surface area contributed by atoms with Crippen molar-refractivity contribution in [1.82, 2.24) is 4.98 Å². The van der Waals surface area contributed by atoms with Gasteiger partial charge in [-0.3, -0.25) is 10.1 Å². The van der Waals surface area contributed by atoms with Gasteiger partial charge in [-0.1, -0.05) is 55.8 Å². The lowest BCUT2D eigenvalue weighted by Crippen LogP contribution is -2.11. The van der Waals surface area contributed by atoms with E-state index in [0.29, 0.717) is 23.1 Å². The van der Waals surface area contributed by atoms with E-state index in [4.69, 9.17) is 4.74 Å². The first-order valence-corrected chi connectivity index (χ1v) is 10.6. The number of hydrogen-bond acceptors (Lipinski definition) is 4. The van der Waals surface area contributed by atoms with Crippen molar-refractivity contribution >= 4 is 33.1 Å². The number of fused-ring (bicyclic) bond motifs is 1. The zero-order valence-corrected chi connectivity index (χ0v) is 17.0. The van der Waals surface area contributed by atoms with Crippen molar-refractivity contribution in [2.24, 2.45) is 0 Å². The van der Waals surface area contributed by atoms with Crippen LogP contribution in [0.25, 0.3) is 22.0 Å². The van der Waals surface area contributed by atoms with Gasteiger partial charge < -0.3 is 4.74 Å². The number of ether oxygens (including phenoxy) is 1. The molecule has 4 nitrogen and oxygen atoms in total. The number of nitrogens with zero attached hydrogens (tertiary/aromatic N) is 1. The Bertz CT molecular complexity index is 1140. The Morgan fingerprint density at radius 1 is 1.03 bits per heavy atom. The molecule has 1 N–H and O–H groups in total. The number of unbranched alkanes of at least 4 members (excludes halogenated alkanes) is 1. The molecular formula is C24H22N2O2S. The Balaban J connectivity index is 1.47. The van der Waals surface area contributed by atoms with Gasteiger partial charge in [0.15, 0.2) is 5.13 Å². The smallest absolute Gasteiger partial charge is 0.257 e. The molecule has 5 heteroatoms. The summed E-state index contributed by atoms with van der Waals surface area (Å²) in [5.74, 6) is 0.521. The number of rotatable bonds is 7. The van der Waals surface area contributed by atoms with Crippen molar-refractivity contribution in [3.8, 4) is 17.0 Å². The Morgan fingerprint density at radius 3 is 2.76 bits per heavy atom. The number of carbonyl (C=O) groups excluding carboxylic acids is 1. The van der Waals surface area contributed by atoms with E-state index in [-0.39, 0.29) is 5.91 Å². The van der Waals surface area contributed by atoms with Crippen molar-refractivity contribution in [2.45, 2.75) is 19.8 Å². The first-order valence-electron chi connectivity index (χ1n) is 9.72. The van der Waals surface area contributed by atoms with Crippen LogP contribution < -0.4 is 10.1 Å². The van der Waals surface area contributed by atoms with Crippen molar-refractivity contribution in [2.75, 3.05) is 11.9 Å². The third-order valence-corrected chi connectivity index (χ3v) is 5.39. The highest BCUT2D eigenvalue weighted by molar-refractivity contribution is 7.14. The van der Waals surface area contributed by atoms with Crippen molar-refractivity contribution in [3.05, 3.63) is 77.7 Å². The second-order valence-corrected chi connectivity index (χ2v) is 7.64. The second kappa shape index (κ2) is 8.88. The van der Waals surface area contributed by atoms with E-state index in [9.17, 15) is 4.79 Å². The summed E-state index contributed by atoms with van der Waals surface area (Å²) in [5.41, 5.74) is 2.45. The molecule has 0 spiro atoms. The summed E-state index contributed by atoms with van der Waals surface area (Å²) in [6.45, 7) is 2.77. The van der Waals surface area contributed by atoms with E-state index in [1.165, 1.54) is 22.1 Å². The van der Waals surface area contributed by atoms with E-state index < -0.39 is 0 Å². The molecule has 29 heavy (non-hydrogen) atoms. The molecule has 4 rings (SSSR count). The average Bonchev–Trinajstić information content (AvgIpc) is 3.22. The van der Waals surface area contributed by atoms with Gasteiger partial charge in [0.1, 0.15) is 5.75 Å². The largest absolute Gasteiger partial charge is 0.494 e. The van der Waals surface area contributed by atoms with Crippen LogP contribution in [0.5, 0.6) is 5.75 Å². The van der Waals surface area contributed by atoms with E-state index in [2.05, 4.69) is 47.6 Å². The van der Waals surface area contributed by atoms with Crippen LogP contribution >= 0.6 is 11.3 Å². The highest BCUT2D eigenvalue weighted by Gasteiger charge is 2.11. The molecule has 0 radical (unpaired) electrons. The third kappa shape index (κ3) is 4.63. The Kier molecular flexibility index (Phi) is 5.86. The summed E-state index contributed by atoms with van der Waals surface area (Å²) in [5, 5.41) is 7.80. The van der Waals surface area contributed by atoms with Crippen LogP contribution in [0.15, 0.2) is 72.1 Å². The number of hydrogen-bond donors (Lipinski definition) is 1. The maximum atomic E-state index is 12.6. The van der Waals surface area contributed by atoms with Gasteiger partial charge in [-0.05, 0) is 41.5 Å². The Hall–Kier alpha value is -3.18. The lowest BCUT2D eigenvalue weighted by Gasteiger charge is -2.07. The number of carbonyl (C=O) groups is 1. The van der Waals surface area contributed by atoms with Crippen LogP contribution in [0.3, 0.4) is 0 Å². The number of amides is 1.